The molecule has 0 saturated carbocycles. The predicted octanol–water partition coefficient (Wildman–Crippen LogP) is 2.78. The molecule has 0 spiro atoms. The summed E-state index contributed by atoms with van der Waals surface area (Å²) in [5, 5.41) is 9.39. The maximum Gasteiger partial charge on any atom is 0.339 e. The van der Waals surface area contributed by atoms with Crippen LogP contribution >= 0.6 is 0 Å². The van der Waals surface area contributed by atoms with E-state index in [1.54, 1.807) is 14.0 Å². The number of nitrogens with zero attached hydrogens (tertiary/aromatic N) is 2. The summed E-state index contributed by atoms with van der Waals surface area (Å²) < 4.78 is 5.41. The van der Waals surface area contributed by atoms with Gasteiger partial charge in [-0.3, -0.25) is 0 Å². The molecule has 0 saturated heterocycles. The van der Waals surface area contributed by atoms with Crippen LogP contribution in [0.25, 0.3) is 11.3 Å². The monoisotopic (exact) mass is 272 g/mol. The van der Waals surface area contributed by atoms with Crippen molar-refractivity contribution in [2.24, 2.45) is 0 Å². The number of carbonyl (C=O) groups is 1. The zero-order valence-electron chi connectivity index (χ0n) is 11.9. The number of aryl methyl sites for hydroxylation is 3. The highest BCUT2D eigenvalue weighted by molar-refractivity contribution is 5.96. The van der Waals surface area contributed by atoms with Crippen LogP contribution in [0.2, 0.25) is 0 Å². The first-order chi connectivity index (χ1) is 9.45. The molecule has 5 heteroatoms. The van der Waals surface area contributed by atoms with Crippen molar-refractivity contribution in [1.29, 1.82) is 0 Å². The zero-order chi connectivity index (χ0) is 14.9. The summed E-state index contributed by atoms with van der Waals surface area (Å²) in [4.78, 5) is 19.6. The third-order valence-corrected chi connectivity index (χ3v) is 3.13. The van der Waals surface area contributed by atoms with Gasteiger partial charge in [-0.15, -0.1) is 0 Å². The first-order valence-electron chi connectivity index (χ1n) is 6.16. The van der Waals surface area contributed by atoms with Gasteiger partial charge in [0.2, 0.25) is 0 Å². The molecule has 0 aliphatic rings. The minimum absolute atomic E-state index is 0.107. The van der Waals surface area contributed by atoms with Crippen LogP contribution in [0.1, 0.15) is 27.2 Å². The number of hydrogen-bond donors (Lipinski definition) is 1. The van der Waals surface area contributed by atoms with E-state index in [-0.39, 0.29) is 5.56 Å². The van der Waals surface area contributed by atoms with E-state index in [1.807, 2.05) is 26.0 Å². The molecule has 1 aromatic heterocycles. The van der Waals surface area contributed by atoms with Crippen LogP contribution in [0.4, 0.5) is 0 Å². The van der Waals surface area contributed by atoms with Gasteiger partial charge in [0, 0.05) is 5.56 Å². The average molecular weight is 272 g/mol. The molecule has 5 nitrogen and oxygen atoms in total. The number of rotatable bonds is 3. The first kappa shape index (κ1) is 14.0. The van der Waals surface area contributed by atoms with Crippen LogP contribution < -0.4 is 4.74 Å². The smallest absolute Gasteiger partial charge is 0.339 e. The predicted molar refractivity (Wildman–Crippen MR) is 75.2 cm³/mol. The summed E-state index contributed by atoms with van der Waals surface area (Å²) in [6.07, 6.45) is 1.37. The van der Waals surface area contributed by atoms with Crippen LogP contribution in [-0.4, -0.2) is 28.2 Å². The molecule has 104 valence electrons. The van der Waals surface area contributed by atoms with Crippen molar-refractivity contribution in [3.63, 3.8) is 0 Å². The van der Waals surface area contributed by atoms with E-state index >= 15 is 0 Å². The van der Waals surface area contributed by atoms with Gasteiger partial charge < -0.3 is 9.84 Å². The molecule has 0 atom stereocenters. The average Bonchev–Trinajstić information content (AvgIpc) is 2.37. The summed E-state index contributed by atoms with van der Waals surface area (Å²) in [5.74, 6) is -0.407. The lowest BCUT2D eigenvalue weighted by Crippen LogP contribution is -2.07. The summed E-state index contributed by atoms with van der Waals surface area (Å²) in [6, 6.07) is 3.86. The van der Waals surface area contributed by atoms with Crippen LogP contribution in [0.15, 0.2) is 18.5 Å². The van der Waals surface area contributed by atoms with Gasteiger partial charge in [0.15, 0.2) is 0 Å². The standard InChI is InChI=1S/C15H16N2O3/c1-8-5-9(2)14(20-4)11(6-8)13-12(15(18)19)10(3)16-7-17-13/h5-7H,1-4H3,(H,18,19). The van der Waals surface area contributed by atoms with Gasteiger partial charge in [-0.1, -0.05) is 6.07 Å². The number of aromatic nitrogens is 2. The van der Waals surface area contributed by atoms with E-state index in [0.29, 0.717) is 22.7 Å². The molecule has 1 heterocycles. The number of benzene rings is 1. The van der Waals surface area contributed by atoms with Crippen LogP contribution in [0.5, 0.6) is 5.75 Å². The molecule has 2 rings (SSSR count). The fourth-order valence-electron chi connectivity index (χ4n) is 2.34. The Morgan fingerprint density at radius 3 is 2.50 bits per heavy atom. The molecule has 0 amide bonds. The lowest BCUT2D eigenvalue weighted by molar-refractivity contribution is 0.0696. The minimum atomic E-state index is -1.04. The van der Waals surface area contributed by atoms with E-state index in [4.69, 9.17) is 4.74 Å². The number of hydrogen-bond acceptors (Lipinski definition) is 4. The zero-order valence-corrected chi connectivity index (χ0v) is 11.9. The summed E-state index contributed by atoms with van der Waals surface area (Å²) in [7, 11) is 1.57. The van der Waals surface area contributed by atoms with Gasteiger partial charge in [-0.25, -0.2) is 14.8 Å². The molecule has 20 heavy (non-hydrogen) atoms. The Balaban J connectivity index is 2.81. The molecule has 1 N–H and O–H groups in total. The number of methoxy groups -OCH3 is 1. The van der Waals surface area contributed by atoms with E-state index in [2.05, 4.69) is 9.97 Å². The van der Waals surface area contributed by atoms with E-state index < -0.39 is 5.97 Å². The molecule has 0 fully saturated rings. The molecule has 0 unspecified atom stereocenters. The van der Waals surface area contributed by atoms with Crippen molar-refractivity contribution in [2.45, 2.75) is 20.8 Å². The topological polar surface area (TPSA) is 72.3 Å². The molecule has 0 aliphatic heterocycles. The van der Waals surface area contributed by atoms with E-state index in [0.717, 1.165) is 11.1 Å². The van der Waals surface area contributed by atoms with E-state index in [1.165, 1.54) is 6.33 Å². The van der Waals surface area contributed by atoms with Gasteiger partial charge in [0.1, 0.15) is 17.6 Å². The number of ether oxygens (including phenoxy) is 1. The van der Waals surface area contributed by atoms with E-state index in [9.17, 15) is 9.90 Å². The molecule has 0 bridgehead atoms. The molecule has 0 radical (unpaired) electrons. The summed E-state index contributed by atoms with van der Waals surface area (Å²) in [5.41, 5.74) is 3.56. The second kappa shape index (κ2) is 5.28. The SMILES string of the molecule is COc1c(C)cc(C)cc1-c1ncnc(C)c1C(=O)O. The number of carboxylic acids is 1. The highest BCUT2D eigenvalue weighted by atomic mass is 16.5. The fraction of sp³-hybridized carbons (Fsp3) is 0.267. The minimum Gasteiger partial charge on any atom is -0.496 e. The lowest BCUT2D eigenvalue weighted by Gasteiger charge is -2.14. The van der Waals surface area contributed by atoms with Crippen molar-refractivity contribution in [3.05, 3.63) is 40.8 Å². The van der Waals surface area contributed by atoms with Crippen molar-refractivity contribution in [2.75, 3.05) is 7.11 Å². The Kier molecular flexibility index (Phi) is 3.70. The fourth-order valence-corrected chi connectivity index (χ4v) is 2.34. The highest BCUT2D eigenvalue weighted by Gasteiger charge is 2.20. The van der Waals surface area contributed by atoms with Crippen LogP contribution in [0, 0.1) is 20.8 Å². The van der Waals surface area contributed by atoms with Gasteiger partial charge in [0.05, 0.1) is 18.5 Å². The molecule has 0 aliphatic carbocycles. The van der Waals surface area contributed by atoms with Crippen LogP contribution in [-0.2, 0) is 0 Å². The third kappa shape index (κ3) is 2.34. The van der Waals surface area contributed by atoms with Gasteiger partial charge in [0.25, 0.3) is 0 Å². The third-order valence-electron chi connectivity index (χ3n) is 3.13. The van der Waals surface area contributed by atoms with Crippen molar-refractivity contribution >= 4 is 5.97 Å². The first-order valence-corrected chi connectivity index (χ1v) is 6.16. The highest BCUT2D eigenvalue weighted by Crippen LogP contribution is 2.35. The maximum absolute atomic E-state index is 11.5. The Bertz CT molecular complexity index is 681. The van der Waals surface area contributed by atoms with Crippen LogP contribution in [0.3, 0.4) is 0 Å². The van der Waals surface area contributed by atoms with Gasteiger partial charge >= 0.3 is 5.97 Å². The quantitative estimate of drug-likeness (QED) is 0.930. The lowest BCUT2D eigenvalue weighted by atomic mass is 9.99. The molecule has 1 aromatic carbocycles. The Morgan fingerprint density at radius 2 is 1.90 bits per heavy atom. The molecular formula is C15H16N2O3. The Labute approximate surface area is 117 Å². The number of carboxylic acid groups (broad SMARTS) is 1. The largest absolute Gasteiger partial charge is 0.496 e. The summed E-state index contributed by atoms with van der Waals surface area (Å²) >= 11 is 0. The van der Waals surface area contributed by atoms with Crippen molar-refractivity contribution in [1.82, 2.24) is 9.97 Å². The maximum atomic E-state index is 11.5. The normalized spacial score (nSPS) is 10.4. The molecular weight excluding hydrogens is 256 g/mol. The van der Waals surface area contributed by atoms with Gasteiger partial charge in [-0.2, -0.15) is 0 Å². The van der Waals surface area contributed by atoms with Gasteiger partial charge in [-0.05, 0) is 38.0 Å². The second-order valence-corrected chi connectivity index (χ2v) is 4.65. The Hall–Kier alpha value is -2.43. The van der Waals surface area contributed by atoms with Crippen molar-refractivity contribution in [3.8, 4) is 17.0 Å². The number of aromatic carboxylic acids is 1. The molecule has 2 aromatic rings. The second-order valence-electron chi connectivity index (χ2n) is 4.65. The van der Waals surface area contributed by atoms with Crippen molar-refractivity contribution < 1.29 is 14.6 Å². The Morgan fingerprint density at radius 1 is 1.20 bits per heavy atom. The summed E-state index contributed by atoms with van der Waals surface area (Å²) in [6.45, 7) is 5.53.